The normalized spacial score (nSPS) is 26.6. The summed E-state index contributed by atoms with van der Waals surface area (Å²) in [5.74, 6) is 0.703. The van der Waals surface area contributed by atoms with Gasteiger partial charge in [0.05, 0.1) is 12.2 Å². The number of hydrogen-bond acceptors (Lipinski definition) is 3. The molecule has 1 saturated carbocycles. The second-order valence-corrected chi connectivity index (χ2v) is 6.15. The highest BCUT2D eigenvalue weighted by Crippen LogP contribution is 2.26. The quantitative estimate of drug-likeness (QED) is 0.682. The van der Waals surface area contributed by atoms with Gasteiger partial charge >= 0.3 is 0 Å². The third kappa shape index (κ3) is 5.93. The van der Waals surface area contributed by atoms with Gasteiger partial charge in [0, 0.05) is 6.61 Å². The maximum absolute atomic E-state index is 9.25. The number of hydrogen-bond donors (Lipinski definition) is 1. The van der Waals surface area contributed by atoms with Crippen LogP contribution in [-0.2, 0) is 4.74 Å². The summed E-state index contributed by atoms with van der Waals surface area (Å²) in [6.07, 6.45) is 8.52. The van der Waals surface area contributed by atoms with Crippen molar-refractivity contribution in [1.82, 2.24) is 5.32 Å². The van der Waals surface area contributed by atoms with E-state index in [9.17, 15) is 5.26 Å². The molecule has 0 heterocycles. The van der Waals surface area contributed by atoms with Gasteiger partial charge in [-0.3, -0.25) is 5.32 Å². The Bertz CT molecular complexity index is 287. The molecule has 0 aromatic carbocycles. The summed E-state index contributed by atoms with van der Waals surface area (Å²) in [7, 11) is 0. The summed E-state index contributed by atoms with van der Waals surface area (Å²) < 4.78 is 6.00. The third-order valence-electron chi connectivity index (χ3n) is 4.20. The van der Waals surface area contributed by atoms with E-state index in [0.29, 0.717) is 12.0 Å². The lowest BCUT2D eigenvalue weighted by atomic mass is 9.88. The molecule has 3 atom stereocenters. The summed E-state index contributed by atoms with van der Waals surface area (Å²) in [5, 5.41) is 12.6. The van der Waals surface area contributed by atoms with E-state index in [2.05, 4.69) is 25.2 Å². The van der Waals surface area contributed by atoms with Crippen molar-refractivity contribution in [3.63, 3.8) is 0 Å². The van der Waals surface area contributed by atoms with Crippen LogP contribution in [0.2, 0.25) is 0 Å². The van der Waals surface area contributed by atoms with Crippen molar-refractivity contribution in [3.8, 4) is 6.07 Å². The number of rotatable bonds is 8. The zero-order valence-electron chi connectivity index (χ0n) is 12.9. The molecular formula is C16H30N2O. The Kier molecular flexibility index (Phi) is 7.41. The highest BCUT2D eigenvalue weighted by Gasteiger charge is 2.24. The van der Waals surface area contributed by atoms with Crippen LogP contribution in [0.15, 0.2) is 0 Å². The Morgan fingerprint density at radius 3 is 2.74 bits per heavy atom. The van der Waals surface area contributed by atoms with Crippen molar-refractivity contribution in [3.05, 3.63) is 0 Å². The molecule has 1 aliphatic rings. The van der Waals surface area contributed by atoms with Crippen molar-refractivity contribution in [2.24, 2.45) is 5.92 Å². The summed E-state index contributed by atoms with van der Waals surface area (Å²) in [6, 6.07) is 2.39. The molecule has 1 fully saturated rings. The van der Waals surface area contributed by atoms with Crippen LogP contribution in [0.4, 0.5) is 0 Å². The van der Waals surface area contributed by atoms with Crippen LogP contribution in [-0.4, -0.2) is 24.8 Å². The third-order valence-corrected chi connectivity index (χ3v) is 4.20. The van der Waals surface area contributed by atoms with E-state index in [1.807, 2.05) is 6.92 Å². The van der Waals surface area contributed by atoms with E-state index in [0.717, 1.165) is 32.4 Å². The van der Waals surface area contributed by atoms with Gasteiger partial charge in [0.1, 0.15) is 5.54 Å². The molecule has 0 saturated heterocycles. The van der Waals surface area contributed by atoms with Crippen molar-refractivity contribution in [2.75, 3.05) is 13.2 Å². The Balaban J connectivity index is 2.19. The second kappa shape index (κ2) is 8.55. The minimum atomic E-state index is -0.391. The second-order valence-electron chi connectivity index (χ2n) is 6.15. The molecule has 3 nitrogen and oxygen atoms in total. The Morgan fingerprint density at radius 2 is 2.11 bits per heavy atom. The van der Waals surface area contributed by atoms with Crippen molar-refractivity contribution >= 4 is 0 Å². The number of nitriles is 1. The molecule has 19 heavy (non-hydrogen) atoms. The maximum atomic E-state index is 9.25. The molecule has 1 N–H and O–H groups in total. The van der Waals surface area contributed by atoms with Crippen LogP contribution in [0.25, 0.3) is 0 Å². The van der Waals surface area contributed by atoms with Crippen LogP contribution in [0.1, 0.15) is 65.7 Å². The lowest BCUT2D eigenvalue weighted by Gasteiger charge is -2.29. The number of nitrogens with zero attached hydrogens (tertiary/aromatic N) is 1. The van der Waals surface area contributed by atoms with Crippen LogP contribution in [0, 0.1) is 17.2 Å². The zero-order valence-corrected chi connectivity index (χ0v) is 12.9. The standard InChI is InChI=1S/C16H30N2O/c1-4-11-18-16(3,13-17)10-7-12-19-15-9-6-5-8-14(15)2/h14-15,18H,4-12H2,1-3H3. The van der Waals surface area contributed by atoms with Gasteiger partial charge in [-0.15, -0.1) is 0 Å². The molecule has 0 aromatic rings. The lowest BCUT2D eigenvalue weighted by Crippen LogP contribution is -2.41. The minimum absolute atomic E-state index is 0.391. The fourth-order valence-electron chi connectivity index (χ4n) is 2.77. The van der Waals surface area contributed by atoms with Gasteiger partial charge in [-0.1, -0.05) is 26.7 Å². The summed E-state index contributed by atoms with van der Waals surface area (Å²) in [4.78, 5) is 0. The van der Waals surface area contributed by atoms with Crippen molar-refractivity contribution < 1.29 is 4.74 Å². The van der Waals surface area contributed by atoms with Crippen LogP contribution in [0.3, 0.4) is 0 Å². The van der Waals surface area contributed by atoms with E-state index < -0.39 is 5.54 Å². The summed E-state index contributed by atoms with van der Waals surface area (Å²) in [6.45, 7) is 8.11. The van der Waals surface area contributed by atoms with Gasteiger partial charge in [0.2, 0.25) is 0 Å². The molecule has 110 valence electrons. The molecule has 3 heteroatoms. The molecule has 1 aliphatic carbocycles. The van der Waals surface area contributed by atoms with Crippen LogP contribution in [0.5, 0.6) is 0 Å². The first-order chi connectivity index (χ1) is 9.11. The SMILES string of the molecule is CCCNC(C)(C#N)CCCOC1CCCCC1C. The topological polar surface area (TPSA) is 45.0 Å². The fraction of sp³-hybridized carbons (Fsp3) is 0.938. The Labute approximate surface area is 118 Å². The molecule has 0 bridgehead atoms. The first-order valence-corrected chi connectivity index (χ1v) is 7.89. The highest BCUT2D eigenvalue weighted by atomic mass is 16.5. The minimum Gasteiger partial charge on any atom is -0.378 e. The van der Waals surface area contributed by atoms with Gasteiger partial charge in [-0.25, -0.2) is 0 Å². The van der Waals surface area contributed by atoms with E-state index in [-0.39, 0.29) is 0 Å². The largest absolute Gasteiger partial charge is 0.378 e. The molecule has 3 unspecified atom stereocenters. The monoisotopic (exact) mass is 266 g/mol. The average Bonchev–Trinajstić information content (AvgIpc) is 2.43. The number of ether oxygens (including phenoxy) is 1. The van der Waals surface area contributed by atoms with Crippen LogP contribution >= 0.6 is 0 Å². The molecule has 0 spiro atoms. The summed E-state index contributed by atoms with van der Waals surface area (Å²) in [5.41, 5.74) is -0.391. The average molecular weight is 266 g/mol. The van der Waals surface area contributed by atoms with Gasteiger partial charge in [0.25, 0.3) is 0 Å². The van der Waals surface area contributed by atoms with Crippen molar-refractivity contribution in [2.45, 2.75) is 77.4 Å². The first-order valence-electron chi connectivity index (χ1n) is 7.89. The Morgan fingerprint density at radius 1 is 1.37 bits per heavy atom. The summed E-state index contributed by atoms with van der Waals surface area (Å²) >= 11 is 0. The Hall–Kier alpha value is -0.590. The van der Waals surface area contributed by atoms with Gasteiger partial charge < -0.3 is 4.74 Å². The zero-order chi connectivity index (χ0) is 14.1. The molecular weight excluding hydrogens is 236 g/mol. The smallest absolute Gasteiger partial charge is 0.104 e. The molecule has 0 aliphatic heterocycles. The highest BCUT2D eigenvalue weighted by molar-refractivity contribution is 5.03. The molecule has 0 radical (unpaired) electrons. The predicted octanol–water partition coefficient (Wildman–Crippen LogP) is 3.64. The first kappa shape index (κ1) is 16.5. The van der Waals surface area contributed by atoms with Gasteiger partial charge in [-0.2, -0.15) is 5.26 Å². The van der Waals surface area contributed by atoms with E-state index >= 15 is 0 Å². The predicted molar refractivity (Wildman–Crippen MR) is 78.9 cm³/mol. The lowest BCUT2D eigenvalue weighted by molar-refractivity contribution is -0.00763. The van der Waals surface area contributed by atoms with Crippen molar-refractivity contribution in [1.29, 1.82) is 5.26 Å². The van der Waals surface area contributed by atoms with E-state index in [1.165, 1.54) is 25.7 Å². The molecule has 0 amide bonds. The molecule has 0 aromatic heterocycles. The van der Waals surface area contributed by atoms with Gasteiger partial charge in [0.15, 0.2) is 0 Å². The molecule has 1 rings (SSSR count). The van der Waals surface area contributed by atoms with E-state index in [1.54, 1.807) is 0 Å². The van der Waals surface area contributed by atoms with E-state index in [4.69, 9.17) is 4.74 Å². The van der Waals surface area contributed by atoms with Gasteiger partial charge in [-0.05, 0) is 51.5 Å². The van der Waals surface area contributed by atoms with Crippen LogP contribution < -0.4 is 5.32 Å². The number of nitrogens with one attached hydrogen (secondary N) is 1. The maximum Gasteiger partial charge on any atom is 0.104 e. The fourth-order valence-corrected chi connectivity index (χ4v) is 2.77.